The molecule has 0 aliphatic heterocycles. The van der Waals surface area contributed by atoms with Crippen molar-refractivity contribution in [3.05, 3.63) is 65.2 Å². The van der Waals surface area contributed by atoms with Crippen molar-refractivity contribution in [3.63, 3.8) is 0 Å². The summed E-state index contributed by atoms with van der Waals surface area (Å²) in [6, 6.07) is 12.2. The molecule has 0 spiro atoms. The highest BCUT2D eigenvalue weighted by molar-refractivity contribution is 7.92. The van der Waals surface area contributed by atoms with Crippen LogP contribution in [-0.4, -0.2) is 22.8 Å². The number of hydrogen-bond acceptors (Lipinski definition) is 6. The summed E-state index contributed by atoms with van der Waals surface area (Å²) in [5.74, 6) is 0. The van der Waals surface area contributed by atoms with E-state index in [1.165, 1.54) is 11.3 Å². The van der Waals surface area contributed by atoms with E-state index in [4.69, 9.17) is 0 Å². The smallest absolute Gasteiger partial charge is 0.261 e. The molecule has 5 aromatic rings. The summed E-state index contributed by atoms with van der Waals surface area (Å²) in [5.41, 5.74) is 3.10. The lowest BCUT2D eigenvalue weighted by atomic mass is 10.1. The fourth-order valence-corrected chi connectivity index (χ4v) is 5.70. The minimum atomic E-state index is -3.67. The van der Waals surface area contributed by atoms with Gasteiger partial charge in [0.2, 0.25) is 0 Å². The Morgan fingerprint density at radius 1 is 1.07 bits per heavy atom. The van der Waals surface area contributed by atoms with Gasteiger partial charge >= 0.3 is 0 Å². The third-order valence-electron chi connectivity index (χ3n) is 4.30. The molecule has 0 radical (unpaired) electrons. The number of nitrogens with zero attached hydrogens (tertiary/aromatic N) is 3. The average Bonchev–Trinajstić information content (AvgIpc) is 3.34. The van der Waals surface area contributed by atoms with Crippen LogP contribution in [0.2, 0.25) is 0 Å². The zero-order valence-corrected chi connectivity index (χ0v) is 17.1. The van der Waals surface area contributed by atoms with Crippen molar-refractivity contribution in [2.45, 2.75) is 11.8 Å². The van der Waals surface area contributed by atoms with Crippen LogP contribution in [-0.2, 0) is 10.0 Å². The molecule has 9 heteroatoms. The first kappa shape index (κ1) is 17.4. The van der Waals surface area contributed by atoms with E-state index in [1.807, 2.05) is 41.2 Å². The van der Waals surface area contributed by atoms with Gasteiger partial charge in [-0.3, -0.25) is 9.12 Å². The Labute approximate surface area is 169 Å². The van der Waals surface area contributed by atoms with Gasteiger partial charge < -0.3 is 0 Å². The highest BCUT2D eigenvalue weighted by Gasteiger charge is 2.16. The van der Waals surface area contributed by atoms with Gasteiger partial charge in [0, 0.05) is 29.0 Å². The Morgan fingerprint density at radius 3 is 2.68 bits per heavy atom. The summed E-state index contributed by atoms with van der Waals surface area (Å²) in [6.07, 6.45) is 3.91. The third kappa shape index (κ3) is 3.07. The number of benzene rings is 2. The molecule has 3 aromatic heterocycles. The largest absolute Gasteiger partial charge is 0.297 e. The second kappa shape index (κ2) is 6.40. The Morgan fingerprint density at radius 2 is 1.89 bits per heavy atom. The molecule has 2 aromatic carbocycles. The van der Waals surface area contributed by atoms with Gasteiger partial charge in [-0.1, -0.05) is 12.1 Å². The predicted molar refractivity (Wildman–Crippen MR) is 114 cm³/mol. The van der Waals surface area contributed by atoms with Gasteiger partial charge in [0.15, 0.2) is 4.96 Å². The van der Waals surface area contributed by atoms with Crippen molar-refractivity contribution in [1.29, 1.82) is 0 Å². The number of rotatable bonds is 4. The van der Waals surface area contributed by atoms with E-state index < -0.39 is 10.0 Å². The number of hydrogen-bond donors (Lipinski definition) is 1. The van der Waals surface area contributed by atoms with Gasteiger partial charge in [-0.05, 0) is 37.3 Å². The van der Waals surface area contributed by atoms with Gasteiger partial charge in [0.05, 0.1) is 25.8 Å². The summed E-state index contributed by atoms with van der Waals surface area (Å²) in [5, 5.41) is 2.89. The zero-order valence-electron chi connectivity index (χ0n) is 14.7. The van der Waals surface area contributed by atoms with Gasteiger partial charge in [0.25, 0.3) is 10.0 Å². The fraction of sp³-hybridized carbons (Fsp3) is 0.0526. The van der Waals surface area contributed by atoms with Crippen molar-refractivity contribution in [2.24, 2.45) is 0 Å². The molecule has 3 heterocycles. The summed E-state index contributed by atoms with van der Waals surface area (Å²) < 4.78 is 31.0. The van der Waals surface area contributed by atoms with E-state index in [0.717, 1.165) is 31.4 Å². The molecule has 0 fully saturated rings. The van der Waals surface area contributed by atoms with E-state index in [1.54, 1.807) is 41.7 Å². The van der Waals surface area contributed by atoms with E-state index >= 15 is 0 Å². The highest BCUT2D eigenvalue weighted by Crippen LogP contribution is 2.27. The Bertz CT molecular complexity index is 1380. The van der Waals surface area contributed by atoms with Gasteiger partial charge in [0.1, 0.15) is 0 Å². The van der Waals surface area contributed by atoms with Crippen LogP contribution in [0, 0.1) is 6.92 Å². The molecule has 28 heavy (non-hydrogen) atoms. The first-order valence-electron chi connectivity index (χ1n) is 8.41. The number of anilines is 1. The van der Waals surface area contributed by atoms with Gasteiger partial charge in [-0.25, -0.2) is 18.4 Å². The topological polar surface area (TPSA) is 76.4 Å². The van der Waals surface area contributed by atoms with Crippen LogP contribution in [0.1, 0.15) is 5.01 Å². The molecule has 0 bridgehead atoms. The maximum absolute atomic E-state index is 12.7. The molecule has 1 N–H and O–H groups in total. The minimum absolute atomic E-state index is 0.224. The summed E-state index contributed by atoms with van der Waals surface area (Å²) in [4.78, 5) is 10.1. The lowest BCUT2D eigenvalue weighted by Gasteiger charge is -2.08. The number of aryl methyl sites for hydroxylation is 1. The monoisotopic (exact) mass is 426 g/mol. The van der Waals surface area contributed by atoms with Gasteiger partial charge in [-0.15, -0.1) is 22.7 Å². The molecule has 0 unspecified atom stereocenters. The van der Waals surface area contributed by atoms with Crippen LogP contribution >= 0.6 is 22.7 Å². The maximum Gasteiger partial charge on any atom is 0.261 e. The van der Waals surface area contributed by atoms with Crippen molar-refractivity contribution < 1.29 is 8.42 Å². The molecule has 6 nitrogen and oxygen atoms in total. The van der Waals surface area contributed by atoms with E-state index in [2.05, 4.69) is 14.7 Å². The first-order chi connectivity index (χ1) is 13.5. The number of aromatic nitrogens is 3. The predicted octanol–water partition coefficient (Wildman–Crippen LogP) is 4.78. The van der Waals surface area contributed by atoms with Crippen LogP contribution in [0.4, 0.5) is 5.69 Å². The SMILES string of the molecule is Cc1nc2ccc(S(=O)(=O)Nc3ccc(-c4cn5ccsc5n4)cc3)cc2s1. The molecule has 0 amide bonds. The molecular formula is C19H14N4O2S3. The summed E-state index contributed by atoms with van der Waals surface area (Å²) in [7, 11) is -3.67. The van der Waals surface area contributed by atoms with Crippen molar-refractivity contribution in [1.82, 2.24) is 14.4 Å². The van der Waals surface area contributed by atoms with Crippen LogP contribution in [0.25, 0.3) is 26.4 Å². The van der Waals surface area contributed by atoms with E-state index in [-0.39, 0.29) is 4.90 Å². The Hall–Kier alpha value is -2.75. The van der Waals surface area contributed by atoms with Crippen LogP contribution in [0.3, 0.4) is 0 Å². The Balaban J connectivity index is 1.41. The number of thiazole rings is 2. The van der Waals surface area contributed by atoms with Crippen molar-refractivity contribution in [3.8, 4) is 11.3 Å². The van der Waals surface area contributed by atoms with E-state index in [0.29, 0.717) is 5.69 Å². The Kier molecular flexibility index (Phi) is 3.97. The lowest BCUT2D eigenvalue weighted by molar-refractivity contribution is 0.601. The third-order valence-corrected chi connectivity index (χ3v) is 7.39. The molecule has 0 atom stereocenters. The second-order valence-electron chi connectivity index (χ2n) is 6.26. The maximum atomic E-state index is 12.7. The molecule has 0 saturated carbocycles. The molecule has 5 rings (SSSR count). The number of fused-ring (bicyclic) bond motifs is 2. The number of imidazole rings is 1. The lowest BCUT2D eigenvalue weighted by Crippen LogP contribution is -2.12. The highest BCUT2D eigenvalue weighted by atomic mass is 32.2. The fourth-order valence-electron chi connectivity index (χ4n) is 2.98. The van der Waals surface area contributed by atoms with Gasteiger partial charge in [-0.2, -0.15) is 0 Å². The standard InChI is InChI=1S/C19H14N4O2S3/c1-12-20-16-7-6-15(10-18(16)27-12)28(24,25)22-14-4-2-13(3-5-14)17-11-23-8-9-26-19(23)21-17/h2-11,22H,1H3. The van der Waals surface area contributed by atoms with Crippen LogP contribution in [0.15, 0.2) is 65.1 Å². The molecule has 0 aliphatic carbocycles. The minimum Gasteiger partial charge on any atom is -0.297 e. The number of sulfonamides is 1. The molecular weight excluding hydrogens is 412 g/mol. The average molecular weight is 427 g/mol. The van der Waals surface area contributed by atoms with Crippen LogP contribution < -0.4 is 4.72 Å². The summed E-state index contributed by atoms with van der Waals surface area (Å²) in [6.45, 7) is 1.91. The molecule has 0 saturated heterocycles. The number of nitrogens with one attached hydrogen (secondary N) is 1. The molecule has 0 aliphatic rings. The first-order valence-corrected chi connectivity index (χ1v) is 11.6. The summed E-state index contributed by atoms with van der Waals surface area (Å²) >= 11 is 3.05. The van der Waals surface area contributed by atoms with Crippen molar-refractivity contribution in [2.75, 3.05) is 4.72 Å². The normalized spacial score (nSPS) is 12.0. The zero-order chi connectivity index (χ0) is 19.3. The van der Waals surface area contributed by atoms with Crippen LogP contribution in [0.5, 0.6) is 0 Å². The van der Waals surface area contributed by atoms with Crippen molar-refractivity contribution >= 4 is 53.6 Å². The second-order valence-corrected chi connectivity index (χ2v) is 10.1. The van der Waals surface area contributed by atoms with E-state index in [9.17, 15) is 8.42 Å². The quantitative estimate of drug-likeness (QED) is 0.449. The molecule has 140 valence electrons.